The van der Waals surface area contributed by atoms with Gasteiger partial charge in [0.15, 0.2) is 0 Å². The maximum atomic E-state index is 12.7. The Hall–Kier alpha value is -1.02. The predicted octanol–water partition coefficient (Wildman–Crippen LogP) is 3.84. The van der Waals surface area contributed by atoms with Crippen molar-refractivity contribution in [2.75, 3.05) is 5.32 Å². The van der Waals surface area contributed by atoms with Crippen LogP contribution in [0.2, 0.25) is 0 Å². The molecule has 0 aliphatic carbocycles. The number of anilines is 1. The van der Waals surface area contributed by atoms with Crippen LogP contribution in [0, 0.1) is 9.39 Å². The molecule has 0 saturated carbocycles. The molecule has 0 aliphatic heterocycles. The van der Waals surface area contributed by atoms with Crippen LogP contribution in [0.1, 0.15) is 10.5 Å². The van der Waals surface area contributed by atoms with Crippen molar-refractivity contribution >= 4 is 50.1 Å². The minimum absolute atomic E-state index is 0.168. The van der Waals surface area contributed by atoms with E-state index in [9.17, 15) is 9.18 Å². The number of halogens is 3. The third-order valence-corrected chi connectivity index (χ3v) is 3.47. The summed E-state index contributed by atoms with van der Waals surface area (Å²) in [6, 6.07) is 8.08. The fourth-order valence-corrected chi connectivity index (χ4v) is 2.68. The van der Waals surface area contributed by atoms with E-state index in [1.165, 1.54) is 12.1 Å². The number of benzene rings is 1. The molecule has 2 rings (SSSR count). The third kappa shape index (κ3) is 3.26. The molecule has 92 valence electrons. The zero-order chi connectivity index (χ0) is 13.1. The maximum absolute atomic E-state index is 12.7. The Kier molecular flexibility index (Phi) is 4.28. The fraction of sp³-hybridized carbons (Fsp3) is 0. The number of rotatable bonds is 2. The molecule has 1 aromatic carbocycles. The first-order chi connectivity index (χ1) is 8.56. The molecule has 1 N–H and O–H groups in total. The van der Waals surface area contributed by atoms with Crippen molar-refractivity contribution in [2.24, 2.45) is 0 Å². The van der Waals surface area contributed by atoms with Gasteiger partial charge in [-0.3, -0.25) is 4.79 Å². The van der Waals surface area contributed by atoms with Crippen LogP contribution >= 0.6 is 38.5 Å². The number of amides is 1. The van der Waals surface area contributed by atoms with Crippen LogP contribution in [-0.4, -0.2) is 10.9 Å². The van der Waals surface area contributed by atoms with Crippen LogP contribution in [0.4, 0.5) is 10.1 Å². The highest BCUT2D eigenvalue weighted by Crippen LogP contribution is 2.24. The summed E-state index contributed by atoms with van der Waals surface area (Å²) in [6.07, 6.45) is 1.01. The van der Waals surface area contributed by atoms with E-state index in [-0.39, 0.29) is 11.6 Å². The Morgan fingerprint density at radius 1 is 1.33 bits per heavy atom. The van der Waals surface area contributed by atoms with Gasteiger partial charge in [0.05, 0.1) is 11.9 Å². The van der Waals surface area contributed by atoms with Crippen LogP contribution in [-0.2, 0) is 0 Å². The van der Waals surface area contributed by atoms with Gasteiger partial charge in [0.25, 0.3) is 5.91 Å². The van der Waals surface area contributed by atoms with Crippen molar-refractivity contribution in [3.05, 3.63) is 56.1 Å². The molecule has 2 aromatic rings. The van der Waals surface area contributed by atoms with E-state index in [1.807, 2.05) is 12.1 Å². The van der Waals surface area contributed by atoms with Crippen LogP contribution < -0.4 is 5.32 Å². The lowest BCUT2D eigenvalue weighted by Gasteiger charge is -2.07. The van der Waals surface area contributed by atoms with Crippen LogP contribution in [0.3, 0.4) is 0 Å². The molecule has 0 atom stereocenters. The Labute approximate surface area is 125 Å². The summed E-state index contributed by atoms with van der Waals surface area (Å²) in [5.74, 6) is -0.848. The smallest absolute Gasteiger partial charge is 0.274 e. The highest BCUT2D eigenvalue weighted by molar-refractivity contribution is 14.1. The molecule has 0 radical (unpaired) electrons. The molecule has 1 aromatic heterocycles. The molecule has 0 bridgehead atoms. The van der Waals surface area contributed by atoms with Gasteiger partial charge in [0.2, 0.25) is 0 Å². The summed E-state index contributed by atoms with van der Waals surface area (Å²) in [6.45, 7) is 0. The topological polar surface area (TPSA) is 42.0 Å². The van der Waals surface area contributed by atoms with Crippen molar-refractivity contribution in [3.63, 3.8) is 0 Å². The molecule has 3 nitrogen and oxygen atoms in total. The van der Waals surface area contributed by atoms with Gasteiger partial charge >= 0.3 is 0 Å². The molecule has 0 fully saturated rings. The Bertz CT molecular complexity index is 589. The summed E-state index contributed by atoms with van der Waals surface area (Å²) < 4.78 is 14.5. The van der Waals surface area contributed by atoms with Crippen molar-refractivity contribution < 1.29 is 9.18 Å². The van der Waals surface area contributed by atoms with Crippen molar-refractivity contribution in [1.29, 1.82) is 0 Å². The Morgan fingerprint density at radius 3 is 2.72 bits per heavy atom. The molecule has 18 heavy (non-hydrogen) atoms. The van der Waals surface area contributed by atoms with Gasteiger partial charge in [-0.15, -0.1) is 0 Å². The minimum atomic E-state index is -0.470. The summed E-state index contributed by atoms with van der Waals surface area (Å²) in [7, 11) is 0. The highest BCUT2D eigenvalue weighted by atomic mass is 127. The minimum Gasteiger partial charge on any atom is -0.320 e. The second-order valence-corrected chi connectivity index (χ2v) is 5.54. The number of carbonyl (C=O) groups is 1. The average molecular weight is 421 g/mol. The van der Waals surface area contributed by atoms with E-state index >= 15 is 0 Å². The van der Waals surface area contributed by atoms with Crippen LogP contribution in [0.15, 0.2) is 41.0 Å². The zero-order valence-corrected chi connectivity index (χ0v) is 12.7. The van der Waals surface area contributed by atoms with E-state index < -0.39 is 5.82 Å². The largest absolute Gasteiger partial charge is 0.320 e. The molecule has 0 spiro atoms. The second kappa shape index (κ2) is 5.75. The molecule has 0 aliphatic rings. The van der Waals surface area contributed by atoms with Gasteiger partial charge in [-0.25, -0.2) is 9.37 Å². The first kappa shape index (κ1) is 13.4. The van der Waals surface area contributed by atoms with Crippen LogP contribution in [0.25, 0.3) is 0 Å². The first-order valence-corrected chi connectivity index (χ1v) is 6.81. The summed E-state index contributed by atoms with van der Waals surface area (Å²) >= 11 is 5.53. The normalized spacial score (nSPS) is 10.2. The lowest BCUT2D eigenvalue weighted by atomic mass is 10.3. The fourth-order valence-electron chi connectivity index (χ4n) is 1.29. The summed E-state index contributed by atoms with van der Waals surface area (Å²) in [5, 5.41) is 2.70. The quantitative estimate of drug-likeness (QED) is 0.750. The number of hydrogen-bond acceptors (Lipinski definition) is 2. The van der Waals surface area contributed by atoms with E-state index in [0.717, 1.165) is 14.2 Å². The molecule has 0 unspecified atom stereocenters. The highest BCUT2D eigenvalue weighted by Gasteiger charge is 2.09. The van der Waals surface area contributed by atoms with E-state index in [2.05, 4.69) is 48.8 Å². The number of nitrogens with one attached hydrogen (secondary N) is 1. The standard InChI is InChI=1S/C12H7BrFIN2O/c13-9-5-8(15)2-4-10(9)17-12(18)11-3-1-7(14)6-16-11/h1-6H,(H,17,18). The van der Waals surface area contributed by atoms with Crippen molar-refractivity contribution in [1.82, 2.24) is 4.98 Å². The molecular formula is C12H7BrFIN2O. The Morgan fingerprint density at radius 2 is 2.11 bits per heavy atom. The van der Waals surface area contributed by atoms with Crippen molar-refractivity contribution in [2.45, 2.75) is 0 Å². The summed E-state index contributed by atoms with van der Waals surface area (Å²) in [4.78, 5) is 15.6. The number of hydrogen-bond donors (Lipinski definition) is 1. The molecule has 6 heteroatoms. The maximum Gasteiger partial charge on any atom is 0.274 e. The monoisotopic (exact) mass is 420 g/mol. The van der Waals surface area contributed by atoms with Gasteiger partial charge < -0.3 is 5.32 Å². The third-order valence-electron chi connectivity index (χ3n) is 2.14. The van der Waals surface area contributed by atoms with E-state index in [1.54, 1.807) is 6.07 Å². The van der Waals surface area contributed by atoms with Crippen molar-refractivity contribution in [3.8, 4) is 0 Å². The van der Waals surface area contributed by atoms with Gasteiger partial charge in [-0.2, -0.15) is 0 Å². The molecule has 0 saturated heterocycles. The number of nitrogens with zero attached hydrogens (tertiary/aromatic N) is 1. The van der Waals surface area contributed by atoms with Gasteiger partial charge in [-0.05, 0) is 68.9 Å². The molecule has 1 heterocycles. The van der Waals surface area contributed by atoms with Gasteiger partial charge in [0, 0.05) is 8.04 Å². The van der Waals surface area contributed by atoms with E-state index in [0.29, 0.717) is 5.69 Å². The second-order valence-electron chi connectivity index (χ2n) is 3.44. The number of pyridine rings is 1. The van der Waals surface area contributed by atoms with E-state index in [4.69, 9.17) is 0 Å². The lowest BCUT2D eigenvalue weighted by molar-refractivity contribution is 0.102. The van der Waals surface area contributed by atoms with Gasteiger partial charge in [0.1, 0.15) is 11.5 Å². The van der Waals surface area contributed by atoms with Gasteiger partial charge in [-0.1, -0.05) is 0 Å². The summed E-state index contributed by atoms with van der Waals surface area (Å²) in [5.41, 5.74) is 0.813. The molecule has 1 amide bonds. The average Bonchev–Trinajstić information content (AvgIpc) is 2.33. The predicted molar refractivity (Wildman–Crippen MR) is 79.0 cm³/mol. The van der Waals surface area contributed by atoms with Crippen LogP contribution in [0.5, 0.6) is 0 Å². The molecular weight excluding hydrogens is 414 g/mol. The first-order valence-electron chi connectivity index (χ1n) is 4.94. The SMILES string of the molecule is O=C(Nc1ccc(I)cc1Br)c1ccc(F)cn1. The lowest BCUT2D eigenvalue weighted by Crippen LogP contribution is -2.14. The Balaban J connectivity index is 2.18. The number of carbonyl (C=O) groups excluding carboxylic acids is 1. The number of aromatic nitrogens is 1. The zero-order valence-electron chi connectivity index (χ0n) is 8.95.